The van der Waals surface area contributed by atoms with Crippen LogP contribution in [0.15, 0.2) is 11.8 Å². The fourth-order valence-corrected chi connectivity index (χ4v) is 2.19. The number of hydrogen-bond acceptors (Lipinski definition) is 5. The Labute approximate surface area is 86.9 Å². The molecule has 0 bridgehead atoms. The van der Waals surface area contributed by atoms with E-state index in [4.69, 9.17) is 10.5 Å². The van der Waals surface area contributed by atoms with Crippen LogP contribution in [-0.4, -0.2) is 16.2 Å². The van der Waals surface area contributed by atoms with E-state index in [0.29, 0.717) is 0 Å². The Morgan fingerprint density at radius 3 is 3.07 bits per heavy atom. The van der Waals surface area contributed by atoms with Gasteiger partial charge in [0.15, 0.2) is 0 Å². The lowest BCUT2D eigenvalue weighted by Gasteiger charge is -2.18. The molecule has 0 spiro atoms. The number of nitrogens with two attached hydrogens (primary N) is 1. The van der Waals surface area contributed by atoms with Crippen molar-refractivity contribution in [2.75, 3.05) is 6.61 Å². The summed E-state index contributed by atoms with van der Waals surface area (Å²) in [5.74, 6) is 0. The highest BCUT2D eigenvalue weighted by Crippen LogP contribution is 2.28. The molecule has 0 saturated heterocycles. The molecule has 2 heterocycles. The Bertz CT molecular complexity index is 348. The molecule has 1 aliphatic rings. The topological polar surface area (TPSA) is 61.0 Å². The van der Waals surface area contributed by atoms with Gasteiger partial charge in [0.05, 0.1) is 29.5 Å². The summed E-state index contributed by atoms with van der Waals surface area (Å²) < 4.78 is 9.14. The molecule has 14 heavy (non-hydrogen) atoms. The molecule has 1 atom stereocenters. The van der Waals surface area contributed by atoms with Crippen molar-refractivity contribution in [2.45, 2.75) is 25.8 Å². The summed E-state index contributed by atoms with van der Waals surface area (Å²) in [7, 11) is 0. The van der Waals surface area contributed by atoms with Gasteiger partial charge < -0.3 is 10.5 Å². The standard InChI is InChI=1S/C9H13N3OS/c1-6-9(14-12-11-6)8(10)7-3-2-4-13-5-7/h5,8H,2-4,10H2,1H3. The van der Waals surface area contributed by atoms with Crippen LogP contribution in [0, 0.1) is 6.92 Å². The molecule has 5 heteroatoms. The predicted octanol–water partition coefficient (Wildman–Crippen LogP) is 1.54. The maximum absolute atomic E-state index is 6.10. The second kappa shape index (κ2) is 4.06. The fraction of sp³-hybridized carbons (Fsp3) is 0.556. The second-order valence-corrected chi connectivity index (χ2v) is 4.15. The van der Waals surface area contributed by atoms with E-state index in [1.165, 1.54) is 11.5 Å². The van der Waals surface area contributed by atoms with Gasteiger partial charge in [-0.05, 0) is 36.9 Å². The van der Waals surface area contributed by atoms with Gasteiger partial charge in [0, 0.05) is 0 Å². The van der Waals surface area contributed by atoms with E-state index in [1.807, 2.05) is 6.92 Å². The van der Waals surface area contributed by atoms with Crippen molar-refractivity contribution in [3.63, 3.8) is 0 Å². The third kappa shape index (κ3) is 1.78. The van der Waals surface area contributed by atoms with E-state index >= 15 is 0 Å². The Morgan fingerprint density at radius 2 is 2.50 bits per heavy atom. The summed E-state index contributed by atoms with van der Waals surface area (Å²) in [5.41, 5.74) is 8.17. The molecule has 0 aliphatic carbocycles. The Morgan fingerprint density at radius 1 is 1.64 bits per heavy atom. The van der Waals surface area contributed by atoms with Gasteiger partial charge in [-0.1, -0.05) is 4.49 Å². The van der Waals surface area contributed by atoms with Gasteiger partial charge in [-0.3, -0.25) is 0 Å². The van der Waals surface area contributed by atoms with E-state index < -0.39 is 0 Å². The van der Waals surface area contributed by atoms with Crippen molar-refractivity contribution in [2.24, 2.45) is 5.73 Å². The zero-order valence-electron chi connectivity index (χ0n) is 8.06. The summed E-state index contributed by atoms with van der Waals surface area (Å²) in [4.78, 5) is 1.04. The molecule has 1 aromatic rings. The summed E-state index contributed by atoms with van der Waals surface area (Å²) in [5, 5.41) is 3.95. The Balaban J connectivity index is 2.19. The van der Waals surface area contributed by atoms with Gasteiger partial charge in [-0.2, -0.15) is 0 Å². The van der Waals surface area contributed by atoms with Gasteiger partial charge in [-0.15, -0.1) is 5.10 Å². The molecule has 2 rings (SSSR count). The van der Waals surface area contributed by atoms with Gasteiger partial charge >= 0.3 is 0 Å². The van der Waals surface area contributed by atoms with Crippen molar-refractivity contribution in [3.05, 3.63) is 22.4 Å². The van der Waals surface area contributed by atoms with Crippen LogP contribution in [0.3, 0.4) is 0 Å². The third-order valence-electron chi connectivity index (χ3n) is 2.33. The highest BCUT2D eigenvalue weighted by molar-refractivity contribution is 7.05. The van der Waals surface area contributed by atoms with Crippen LogP contribution in [0.2, 0.25) is 0 Å². The molecule has 0 fully saturated rings. The van der Waals surface area contributed by atoms with Crippen LogP contribution in [0.1, 0.15) is 29.5 Å². The molecule has 0 saturated carbocycles. The van der Waals surface area contributed by atoms with Gasteiger partial charge in [0.1, 0.15) is 0 Å². The number of aromatic nitrogens is 2. The molecule has 1 aliphatic heterocycles. The molecular formula is C9H13N3OS. The largest absolute Gasteiger partial charge is 0.501 e. The fourth-order valence-electron chi connectivity index (χ4n) is 1.50. The number of rotatable bonds is 2. The summed E-state index contributed by atoms with van der Waals surface area (Å²) in [6.45, 7) is 2.74. The highest BCUT2D eigenvalue weighted by Gasteiger charge is 2.19. The normalized spacial score (nSPS) is 18.6. The number of ether oxygens (including phenoxy) is 1. The number of hydrogen-bond donors (Lipinski definition) is 1. The lowest BCUT2D eigenvalue weighted by Crippen LogP contribution is -2.16. The average Bonchev–Trinajstić information content (AvgIpc) is 2.65. The highest BCUT2D eigenvalue weighted by atomic mass is 32.1. The average molecular weight is 211 g/mol. The molecular weight excluding hydrogens is 198 g/mol. The van der Waals surface area contributed by atoms with Crippen molar-refractivity contribution in [1.29, 1.82) is 0 Å². The molecule has 0 aromatic carbocycles. The monoisotopic (exact) mass is 211 g/mol. The summed E-state index contributed by atoms with van der Waals surface area (Å²) >= 11 is 1.37. The zero-order valence-corrected chi connectivity index (χ0v) is 8.88. The van der Waals surface area contributed by atoms with Crippen molar-refractivity contribution < 1.29 is 4.74 Å². The lowest BCUT2D eigenvalue weighted by atomic mass is 10.0. The van der Waals surface area contributed by atoms with Crippen molar-refractivity contribution in [3.8, 4) is 0 Å². The summed E-state index contributed by atoms with van der Waals surface area (Å²) in [6, 6.07) is -0.0877. The second-order valence-electron chi connectivity index (χ2n) is 3.37. The Hall–Kier alpha value is -0.940. The van der Waals surface area contributed by atoms with Crippen LogP contribution in [0.5, 0.6) is 0 Å². The molecule has 0 amide bonds. The van der Waals surface area contributed by atoms with Crippen LogP contribution in [0.4, 0.5) is 0 Å². The first-order chi connectivity index (χ1) is 6.79. The molecule has 4 nitrogen and oxygen atoms in total. The Kier molecular flexibility index (Phi) is 2.79. The number of aryl methyl sites for hydroxylation is 1. The maximum atomic E-state index is 6.10. The SMILES string of the molecule is Cc1nnsc1C(N)C1=COCCC1. The van der Waals surface area contributed by atoms with Gasteiger partial charge in [0.2, 0.25) is 0 Å². The molecule has 1 unspecified atom stereocenters. The van der Waals surface area contributed by atoms with E-state index in [1.54, 1.807) is 6.26 Å². The molecule has 76 valence electrons. The predicted molar refractivity (Wildman–Crippen MR) is 54.8 cm³/mol. The molecule has 0 radical (unpaired) electrons. The van der Waals surface area contributed by atoms with E-state index in [0.717, 1.165) is 35.6 Å². The first-order valence-corrected chi connectivity index (χ1v) is 5.41. The minimum absolute atomic E-state index is 0.0877. The first kappa shape index (κ1) is 9.61. The van der Waals surface area contributed by atoms with Crippen molar-refractivity contribution >= 4 is 11.5 Å². The first-order valence-electron chi connectivity index (χ1n) is 4.64. The van der Waals surface area contributed by atoms with Crippen LogP contribution in [-0.2, 0) is 4.74 Å². The lowest BCUT2D eigenvalue weighted by molar-refractivity contribution is 0.221. The van der Waals surface area contributed by atoms with Crippen molar-refractivity contribution in [1.82, 2.24) is 9.59 Å². The minimum atomic E-state index is -0.0877. The van der Waals surface area contributed by atoms with E-state index in [2.05, 4.69) is 9.59 Å². The van der Waals surface area contributed by atoms with Gasteiger partial charge in [-0.25, -0.2) is 0 Å². The third-order valence-corrected chi connectivity index (χ3v) is 3.24. The minimum Gasteiger partial charge on any atom is -0.501 e. The molecule has 2 N–H and O–H groups in total. The van der Waals surface area contributed by atoms with E-state index in [-0.39, 0.29) is 6.04 Å². The quantitative estimate of drug-likeness (QED) is 0.806. The van der Waals surface area contributed by atoms with Crippen LogP contribution < -0.4 is 5.73 Å². The molecule has 1 aromatic heterocycles. The smallest absolute Gasteiger partial charge is 0.0876 e. The zero-order chi connectivity index (χ0) is 9.97. The van der Waals surface area contributed by atoms with Crippen LogP contribution in [0.25, 0.3) is 0 Å². The van der Waals surface area contributed by atoms with Crippen LogP contribution >= 0.6 is 11.5 Å². The van der Waals surface area contributed by atoms with Gasteiger partial charge in [0.25, 0.3) is 0 Å². The maximum Gasteiger partial charge on any atom is 0.0876 e. The number of nitrogens with zero attached hydrogens (tertiary/aromatic N) is 2. The van der Waals surface area contributed by atoms with E-state index in [9.17, 15) is 0 Å². The summed E-state index contributed by atoms with van der Waals surface area (Å²) in [6.07, 6.45) is 3.84.